The van der Waals surface area contributed by atoms with E-state index in [-0.39, 0.29) is 23.4 Å². The van der Waals surface area contributed by atoms with Crippen LogP contribution in [-0.2, 0) is 9.59 Å². The first-order valence-electron chi connectivity index (χ1n) is 10.1. The largest absolute Gasteiger partial charge is 0.368 e. The van der Waals surface area contributed by atoms with Crippen LogP contribution >= 0.6 is 0 Å². The molecule has 2 saturated heterocycles. The van der Waals surface area contributed by atoms with Crippen LogP contribution in [0.3, 0.4) is 0 Å². The van der Waals surface area contributed by atoms with Crippen LogP contribution in [0.5, 0.6) is 0 Å². The van der Waals surface area contributed by atoms with E-state index in [1.807, 2.05) is 9.80 Å². The van der Waals surface area contributed by atoms with E-state index in [1.165, 1.54) is 25.0 Å². The number of carbonyl (C=O) groups excluding carboxylic acids is 2. The number of nitro groups is 1. The van der Waals surface area contributed by atoms with Crippen molar-refractivity contribution in [3.05, 3.63) is 34.4 Å². The van der Waals surface area contributed by atoms with Gasteiger partial charge in [0.2, 0.25) is 11.8 Å². The first-order valence-corrected chi connectivity index (χ1v) is 10.1. The second-order valence-electron chi connectivity index (χ2n) is 7.97. The molecule has 3 fully saturated rings. The summed E-state index contributed by atoms with van der Waals surface area (Å²) in [5, 5.41) is 10.8. The van der Waals surface area contributed by atoms with Crippen molar-refractivity contribution in [2.75, 3.05) is 37.6 Å². The SMILES string of the molecule is O=C([C@H]1CC(=O)N(C2CCCC2)C1)N1CCN(c2ccc([N+](=O)[O-])cc2)CC1. The molecule has 2 amide bonds. The van der Waals surface area contributed by atoms with Gasteiger partial charge in [0.1, 0.15) is 0 Å². The van der Waals surface area contributed by atoms with Crippen LogP contribution in [0.25, 0.3) is 0 Å². The number of nitrogens with zero attached hydrogens (tertiary/aromatic N) is 4. The van der Waals surface area contributed by atoms with Crippen LogP contribution in [0.4, 0.5) is 11.4 Å². The number of amides is 2. The number of anilines is 1. The summed E-state index contributed by atoms with van der Waals surface area (Å²) in [7, 11) is 0. The standard InChI is InChI=1S/C20H26N4O4/c25-19-13-15(14-23(19)17-3-1-2-4-17)20(26)22-11-9-21(10-12-22)16-5-7-18(8-6-16)24(27)28/h5-8,15,17H,1-4,9-14H2/t15-/m0/s1. The molecule has 8 nitrogen and oxygen atoms in total. The number of hydrogen-bond donors (Lipinski definition) is 0. The molecular formula is C20H26N4O4. The monoisotopic (exact) mass is 386 g/mol. The maximum absolute atomic E-state index is 12.9. The molecule has 0 spiro atoms. The van der Waals surface area contributed by atoms with E-state index < -0.39 is 4.92 Å². The summed E-state index contributed by atoms with van der Waals surface area (Å²) in [4.78, 5) is 41.6. The first-order chi connectivity index (χ1) is 13.5. The molecule has 0 N–H and O–H groups in total. The molecule has 1 saturated carbocycles. The number of nitro benzene ring substituents is 1. The van der Waals surface area contributed by atoms with Crippen LogP contribution in [0.1, 0.15) is 32.1 Å². The van der Waals surface area contributed by atoms with Crippen LogP contribution in [0.15, 0.2) is 24.3 Å². The molecule has 4 rings (SSSR count). The number of rotatable bonds is 4. The van der Waals surface area contributed by atoms with Gasteiger partial charge in [-0.2, -0.15) is 0 Å². The van der Waals surface area contributed by atoms with Crippen molar-refractivity contribution in [3.8, 4) is 0 Å². The highest BCUT2D eigenvalue weighted by Crippen LogP contribution is 2.30. The minimum Gasteiger partial charge on any atom is -0.368 e. The molecule has 150 valence electrons. The Balaban J connectivity index is 1.31. The molecule has 0 radical (unpaired) electrons. The Kier molecular flexibility index (Phi) is 5.19. The highest BCUT2D eigenvalue weighted by atomic mass is 16.6. The normalized spacial score (nSPS) is 23.5. The summed E-state index contributed by atoms with van der Waals surface area (Å²) in [6.07, 6.45) is 4.84. The third kappa shape index (κ3) is 3.68. The average molecular weight is 386 g/mol. The van der Waals surface area contributed by atoms with Crippen molar-refractivity contribution in [1.82, 2.24) is 9.80 Å². The lowest BCUT2D eigenvalue weighted by molar-refractivity contribution is -0.384. The van der Waals surface area contributed by atoms with Gasteiger partial charge in [-0.15, -0.1) is 0 Å². The van der Waals surface area contributed by atoms with Gasteiger partial charge < -0.3 is 14.7 Å². The van der Waals surface area contributed by atoms with Gasteiger partial charge in [0.15, 0.2) is 0 Å². The summed E-state index contributed by atoms with van der Waals surface area (Å²) < 4.78 is 0. The van der Waals surface area contributed by atoms with Crippen LogP contribution in [0.2, 0.25) is 0 Å². The van der Waals surface area contributed by atoms with Crippen molar-refractivity contribution >= 4 is 23.2 Å². The third-order valence-corrected chi connectivity index (χ3v) is 6.29. The van der Waals surface area contributed by atoms with E-state index in [9.17, 15) is 19.7 Å². The lowest BCUT2D eigenvalue weighted by Gasteiger charge is -2.37. The second-order valence-corrected chi connectivity index (χ2v) is 7.97. The summed E-state index contributed by atoms with van der Waals surface area (Å²) in [5.74, 6) is 0.0194. The Morgan fingerprint density at radius 1 is 1.04 bits per heavy atom. The number of carbonyl (C=O) groups is 2. The van der Waals surface area contributed by atoms with Gasteiger partial charge in [0.25, 0.3) is 5.69 Å². The molecular weight excluding hydrogens is 360 g/mol. The zero-order valence-corrected chi connectivity index (χ0v) is 16.0. The average Bonchev–Trinajstić information content (AvgIpc) is 3.37. The molecule has 2 aliphatic heterocycles. The smallest absolute Gasteiger partial charge is 0.269 e. The fourth-order valence-electron chi connectivity index (χ4n) is 4.69. The number of piperazine rings is 1. The van der Waals surface area contributed by atoms with Gasteiger partial charge in [-0.25, -0.2) is 0 Å². The topological polar surface area (TPSA) is 87.0 Å². The predicted octanol–water partition coefficient (Wildman–Crippen LogP) is 2.03. The number of non-ortho nitro benzene ring substituents is 1. The molecule has 1 aromatic rings. The Morgan fingerprint density at radius 2 is 1.68 bits per heavy atom. The Labute approximate surface area is 164 Å². The highest BCUT2D eigenvalue weighted by molar-refractivity contribution is 5.89. The predicted molar refractivity (Wildman–Crippen MR) is 104 cm³/mol. The highest BCUT2D eigenvalue weighted by Gasteiger charge is 2.40. The zero-order valence-electron chi connectivity index (χ0n) is 16.0. The number of benzene rings is 1. The Bertz CT molecular complexity index is 752. The van der Waals surface area contributed by atoms with Crippen molar-refractivity contribution in [3.63, 3.8) is 0 Å². The summed E-state index contributed by atoms with van der Waals surface area (Å²) >= 11 is 0. The van der Waals surface area contributed by atoms with Crippen molar-refractivity contribution in [1.29, 1.82) is 0 Å². The molecule has 8 heteroatoms. The summed E-state index contributed by atoms with van der Waals surface area (Å²) in [5.41, 5.74) is 1.01. The Hall–Kier alpha value is -2.64. The van der Waals surface area contributed by atoms with Crippen LogP contribution in [0, 0.1) is 16.0 Å². The molecule has 1 aliphatic carbocycles. The van der Waals surface area contributed by atoms with Crippen LogP contribution < -0.4 is 4.90 Å². The minimum absolute atomic E-state index is 0.0790. The fourth-order valence-corrected chi connectivity index (χ4v) is 4.69. The maximum atomic E-state index is 12.9. The minimum atomic E-state index is -0.405. The van der Waals surface area contributed by atoms with Crippen molar-refractivity contribution in [2.45, 2.75) is 38.1 Å². The van der Waals surface area contributed by atoms with E-state index in [0.717, 1.165) is 18.5 Å². The molecule has 0 unspecified atom stereocenters. The van der Waals surface area contributed by atoms with Crippen LogP contribution in [-0.4, -0.2) is 65.3 Å². The Morgan fingerprint density at radius 3 is 2.29 bits per heavy atom. The number of hydrogen-bond acceptors (Lipinski definition) is 5. The molecule has 2 heterocycles. The van der Waals surface area contributed by atoms with Gasteiger partial charge in [-0.1, -0.05) is 12.8 Å². The van der Waals surface area contributed by atoms with E-state index in [4.69, 9.17) is 0 Å². The molecule has 0 bridgehead atoms. The van der Waals surface area contributed by atoms with Gasteiger partial charge >= 0.3 is 0 Å². The molecule has 1 atom stereocenters. The van der Waals surface area contributed by atoms with Crippen molar-refractivity contribution in [2.24, 2.45) is 5.92 Å². The maximum Gasteiger partial charge on any atom is 0.269 e. The summed E-state index contributed by atoms with van der Waals surface area (Å²) in [6, 6.07) is 6.86. The van der Waals surface area contributed by atoms with Crippen molar-refractivity contribution < 1.29 is 14.5 Å². The van der Waals surface area contributed by atoms with E-state index in [1.54, 1.807) is 12.1 Å². The summed E-state index contributed by atoms with van der Waals surface area (Å²) in [6.45, 7) is 3.19. The van der Waals surface area contributed by atoms with E-state index >= 15 is 0 Å². The molecule has 3 aliphatic rings. The molecule has 1 aromatic carbocycles. The van der Waals surface area contributed by atoms with Gasteiger partial charge in [-0.3, -0.25) is 19.7 Å². The molecule has 28 heavy (non-hydrogen) atoms. The first kappa shape index (κ1) is 18.7. The van der Waals surface area contributed by atoms with Gasteiger partial charge in [-0.05, 0) is 25.0 Å². The van der Waals surface area contributed by atoms with E-state index in [2.05, 4.69) is 4.90 Å². The van der Waals surface area contributed by atoms with Gasteiger partial charge in [0, 0.05) is 63.0 Å². The lowest BCUT2D eigenvalue weighted by atomic mass is 10.1. The third-order valence-electron chi connectivity index (χ3n) is 6.29. The molecule has 0 aromatic heterocycles. The fraction of sp³-hybridized carbons (Fsp3) is 0.600. The second kappa shape index (κ2) is 7.77. The zero-order chi connectivity index (χ0) is 19.7. The van der Waals surface area contributed by atoms with Gasteiger partial charge in [0.05, 0.1) is 10.8 Å². The quantitative estimate of drug-likeness (QED) is 0.584. The lowest BCUT2D eigenvalue weighted by Crippen LogP contribution is -2.50. The number of likely N-dealkylation sites (tertiary alicyclic amines) is 1. The van der Waals surface area contributed by atoms with E-state index in [0.29, 0.717) is 45.2 Å².